The molecule has 0 amide bonds. The molecule has 3 saturated heterocycles. The van der Waals surface area contributed by atoms with Gasteiger partial charge in [-0.2, -0.15) is 0 Å². The van der Waals surface area contributed by atoms with Gasteiger partial charge in [0, 0.05) is 12.5 Å². The van der Waals surface area contributed by atoms with E-state index in [0.717, 1.165) is 32.4 Å². The highest BCUT2D eigenvalue weighted by Gasteiger charge is 2.45. The van der Waals surface area contributed by atoms with Gasteiger partial charge in [-0.3, -0.25) is 9.69 Å². The minimum atomic E-state index is 0.147. The van der Waals surface area contributed by atoms with Crippen molar-refractivity contribution in [3.8, 4) is 0 Å². The second-order valence-electron chi connectivity index (χ2n) is 5.67. The average molecular weight is 243 g/mol. The van der Waals surface area contributed by atoms with Crippen LogP contribution in [0.25, 0.3) is 0 Å². The lowest BCUT2D eigenvalue weighted by molar-refractivity contribution is -0.141. The van der Waals surface area contributed by atoms with Crippen molar-refractivity contribution >= 4 is 5.78 Å². The highest BCUT2D eigenvalue weighted by atomic mass is 16.1. The average Bonchev–Trinajstić information content (AvgIpc) is 2.43. The van der Waals surface area contributed by atoms with Gasteiger partial charge >= 0.3 is 0 Å². The molecule has 4 atom stereocenters. The number of hydrogen-bond acceptors (Lipinski definition) is 2. The lowest BCUT2D eigenvalue weighted by Gasteiger charge is -2.48. The number of hydrogen-bond donors (Lipinski definition) is 0. The maximum Gasteiger partial charge on any atom is 0.153 e. The zero-order valence-electron chi connectivity index (χ0n) is 11.0. The molecule has 3 aliphatic rings. The normalized spacial score (nSPS) is 34.8. The van der Waals surface area contributed by atoms with E-state index >= 15 is 0 Å². The summed E-state index contributed by atoms with van der Waals surface area (Å²) < 4.78 is 0. The van der Waals surface area contributed by atoms with Crippen molar-refractivity contribution in [3.05, 3.63) is 35.9 Å². The van der Waals surface area contributed by atoms with Gasteiger partial charge < -0.3 is 0 Å². The summed E-state index contributed by atoms with van der Waals surface area (Å²) in [4.78, 5) is 14.9. The zero-order chi connectivity index (χ0) is 12.5. The third kappa shape index (κ3) is 1.99. The highest BCUT2D eigenvalue weighted by molar-refractivity contribution is 5.88. The minimum absolute atomic E-state index is 0.147. The third-order valence-electron chi connectivity index (χ3n) is 4.70. The van der Waals surface area contributed by atoms with Gasteiger partial charge in [-0.1, -0.05) is 43.7 Å². The molecule has 0 aliphatic carbocycles. The molecule has 0 spiro atoms. The first-order valence-electron chi connectivity index (χ1n) is 7.11. The molecule has 0 saturated carbocycles. The van der Waals surface area contributed by atoms with Crippen LogP contribution in [0.2, 0.25) is 0 Å². The molecule has 2 heteroatoms. The van der Waals surface area contributed by atoms with Crippen LogP contribution in [0.4, 0.5) is 0 Å². The Hall–Kier alpha value is -1.15. The van der Waals surface area contributed by atoms with Gasteiger partial charge in [-0.05, 0) is 30.9 Å². The molecule has 3 heterocycles. The second-order valence-corrected chi connectivity index (χ2v) is 5.67. The maximum absolute atomic E-state index is 12.5. The van der Waals surface area contributed by atoms with Crippen molar-refractivity contribution in [2.45, 2.75) is 32.2 Å². The van der Waals surface area contributed by atoms with E-state index in [2.05, 4.69) is 36.1 Å². The zero-order valence-corrected chi connectivity index (χ0v) is 11.0. The van der Waals surface area contributed by atoms with E-state index < -0.39 is 0 Å². The van der Waals surface area contributed by atoms with E-state index in [4.69, 9.17) is 0 Å². The Morgan fingerprint density at radius 2 is 2.06 bits per heavy atom. The third-order valence-corrected chi connectivity index (χ3v) is 4.70. The maximum atomic E-state index is 12.5. The smallest absolute Gasteiger partial charge is 0.153 e. The quantitative estimate of drug-likeness (QED) is 0.813. The van der Waals surface area contributed by atoms with Gasteiger partial charge in [0.15, 0.2) is 5.78 Å². The highest BCUT2D eigenvalue weighted by Crippen LogP contribution is 2.36. The molecule has 0 N–H and O–H groups in total. The number of benzene rings is 1. The first kappa shape index (κ1) is 11.9. The van der Waals surface area contributed by atoms with E-state index in [-0.39, 0.29) is 6.04 Å². The number of piperidine rings is 3. The monoisotopic (exact) mass is 243 g/mol. The van der Waals surface area contributed by atoms with Crippen molar-refractivity contribution in [2.75, 3.05) is 13.1 Å². The standard InChI is InChI=1S/C16H21NO/c1-2-13-11-17-9-8-14(13)16(18)15(17)10-12-6-4-3-5-7-12/h3-7,13-15H,2,8-11H2,1H3. The van der Waals surface area contributed by atoms with Crippen LogP contribution in [0.3, 0.4) is 0 Å². The van der Waals surface area contributed by atoms with Gasteiger partial charge in [-0.15, -0.1) is 0 Å². The van der Waals surface area contributed by atoms with Gasteiger partial charge in [0.2, 0.25) is 0 Å². The predicted molar refractivity (Wildman–Crippen MR) is 72.4 cm³/mol. The minimum Gasteiger partial charge on any atom is -0.298 e. The summed E-state index contributed by atoms with van der Waals surface area (Å²) >= 11 is 0. The van der Waals surface area contributed by atoms with Gasteiger partial charge in [-0.25, -0.2) is 0 Å². The van der Waals surface area contributed by atoms with E-state index in [1.165, 1.54) is 5.56 Å². The van der Waals surface area contributed by atoms with E-state index in [0.29, 0.717) is 17.6 Å². The molecule has 2 bridgehead atoms. The summed E-state index contributed by atoms with van der Waals surface area (Å²) in [7, 11) is 0. The number of ketones is 1. The summed E-state index contributed by atoms with van der Waals surface area (Å²) in [6.07, 6.45) is 3.13. The van der Waals surface area contributed by atoms with Crippen LogP contribution >= 0.6 is 0 Å². The molecule has 1 aromatic carbocycles. The largest absolute Gasteiger partial charge is 0.298 e. The number of rotatable bonds is 3. The fourth-order valence-electron chi connectivity index (χ4n) is 3.63. The second kappa shape index (κ2) is 4.85. The molecular formula is C16H21NO. The summed E-state index contributed by atoms with van der Waals surface area (Å²) in [6.45, 7) is 4.46. The molecule has 1 aromatic rings. The molecule has 0 aromatic heterocycles. The van der Waals surface area contributed by atoms with Crippen LogP contribution in [-0.2, 0) is 11.2 Å². The summed E-state index contributed by atoms with van der Waals surface area (Å²) in [5, 5.41) is 0. The fraction of sp³-hybridized carbons (Fsp3) is 0.562. The molecule has 0 radical (unpaired) electrons. The Bertz CT molecular complexity index is 428. The molecule has 96 valence electrons. The van der Waals surface area contributed by atoms with Crippen molar-refractivity contribution in [1.29, 1.82) is 0 Å². The van der Waals surface area contributed by atoms with Crippen LogP contribution in [0.1, 0.15) is 25.3 Å². The lowest BCUT2D eigenvalue weighted by Crippen LogP contribution is -2.60. The molecule has 4 rings (SSSR count). The summed E-state index contributed by atoms with van der Waals surface area (Å²) in [5.74, 6) is 1.45. The Morgan fingerprint density at radius 3 is 2.72 bits per heavy atom. The van der Waals surface area contributed by atoms with E-state index in [1.54, 1.807) is 0 Å². The first-order chi connectivity index (χ1) is 8.79. The van der Waals surface area contributed by atoms with Crippen LogP contribution in [0, 0.1) is 11.8 Å². The Morgan fingerprint density at radius 1 is 1.28 bits per heavy atom. The molecule has 4 unspecified atom stereocenters. The fourth-order valence-corrected chi connectivity index (χ4v) is 3.63. The number of fused-ring (bicyclic) bond motifs is 3. The molecule has 2 nitrogen and oxygen atoms in total. The van der Waals surface area contributed by atoms with Gasteiger partial charge in [0.05, 0.1) is 6.04 Å². The van der Waals surface area contributed by atoms with Crippen LogP contribution in [-0.4, -0.2) is 29.8 Å². The number of nitrogens with zero attached hydrogens (tertiary/aromatic N) is 1. The van der Waals surface area contributed by atoms with Crippen molar-refractivity contribution in [2.24, 2.45) is 11.8 Å². The first-order valence-corrected chi connectivity index (χ1v) is 7.11. The van der Waals surface area contributed by atoms with E-state index in [1.807, 2.05) is 6.07 Å². The Labute approximate surface area is 109 Å². The van der Waals surface area contributed by atoms with E-state index in [9.17, 15) is 4.79 Å². The number of Topliss-reactive ketones (excluding diaryl/α,β-unsaturated/α-hetero) is 1. The van der Waals surface area contributed by atoms with Crippen LogP contribution < -0.4 is 0 Å². The van der Waals surface area contributed by atoms with Gasteiger partial charge in [0.25, 0.3) is 0 Å². The van der Waals surface area contributed by atoms with Crippen LogP contribution in [0.5, 0.6) is 0 Å². The lowest BCUT2D eigenvalue weighted by atomic mass is 9.72. The molecule has 3 aliphatic heterocycles. The topological polar surface area (TPSA) is 20.3 Å². The Balaban J connectivity index is 1.77. The Kier molecular flexibility index (Phi) is 3.21. The summed E-state index contributed by atoms with van der Waals surface area (Å²) in [6, 6.07) is 10.6. The molecular weight excluding hydrogens is 222 g/mol. The summed E-state index contributed by atoms with van der Waals surface area (Å²) in [5.41, 5.74) is 1.29. The molecule has 3 fully saturated rings. The van der Waals surface area contributed by atoms with Crippen molar-refractivity contribution in [3.63, 3.8) is 0 Å². The predicted octanol–water partition coefficient (Wildman–Crippen LogP) is 2.53. The van der Waals surface area contributed by atoms with Gasteiger partial charge in [0.1, 0.15) is 0 Å². The van der Waals surface area contributed by atoms with Crippen molar-refractivity contribution < 1.29 is 4.79 Å². The van der Waals surface area contributed by atoms with Crippen LogP contribution in [0.15, 0.2) is 30.3 Å². The number of carbonyl (C=O) groups excluding carboxylic acids is 1. The molecule has 18 heavy (non-hydrogen) atoms. The van der Waals surface area contributed by atoms with Crippen molar-refractivity contribution in [1.82, 2.24) is 4.90 Å². The number of carbonyl (C=O) groups is 1. The SMILES string of the molecule is CCC1CN2CCC1C(=O)C2Cc1ccccc1.